The van der Waals surface area contributed by atoms with Gasteiger partial charge >= 0.3 is 0 Å². The zero-order valence-electron chi connectivity index (χ0n) is 13.0. The van der Waals surface area contributed by atoms with Crippen LogP contribution in [0.1, 0.15) is 63.1 Å². The predicted molar refractivity (Wildman–Crippen MR) is 87.6 cm³/mol. The minimum absolute atomic E-state index is 0.544. The first-order valence-corrected chi connectivity index (χ1v) is 7.00. The molecule has 19 heavy (non-hydrogen) atoms. The normalized spacial score (nSPS) is 12.1. The van der Waals surface area contributed by atoms with Crippen molar-refractivity contribution in [2.45, 2.75) is 46.5 Å². The highest BCUT2D eigenvalue weighted by Gasteiger charge is 2.06. The first-order chi connectivity index (χ1) is 8.85. The van der Waals surface area contributed by atoms with Gasteiger partial charge in [0.1, 0.15) is 0 Å². The Morgan fingerprint density at radius 2 is 1.47 bits per heavy atom. The van der Waals surface area contributed by atoms with Crippen molar-refractivity contribution in [2.75, 3.05) is 0 Å². The molecule has 0 saturated carbocycles. The molecular formula is C19H26. The minimum Gasteiger partial charge on any atom is -0.0985 e. The molecule has 0 radical (unpaired) electrons. The summed E-state index contributed by atoms with van der Waals surface area (Å²) in [6, 6.07) is 6.85. The Kier molecular flexibility index (Phi) is 5.35. The first-order valence-electron chi connectivity index (χ1n) is 7.00. The average molecular weight is 254 g/mol. The van der Waals surface area contributed by atoms with Crippen molar-refractivity contribution in [1.82, 2.24) is 0 Å². The molecule has 1 rings (SSSR count). The third-order valence-corrected chi connectivity index (χ3v) is 3.37. The molecule has 0 amide bonds. The maximum atomic E-state index is 4.00. The van der Waals surface area contributed by atoms with Crippen molar-refractivity contribution in [1.29, 1.82) is 0 Å². The SMILES string of the molecule is C=C/C(=C/c1cc(C(C)C)cc(C(C)C)c1)C(=C)C. The fourth-order valence-corrected chi connectivity index (χ4v) is 1.99. The third kappa shape index (κ3) is 4.24. The van der Waals surface area contributed by atoms with Gasteiger partial charge in [0.15, 0.2) is 0 Å². The van der Waals surface area contributed by atoms with Gasteiger partial charge in [-0.05, 0) is 47.1 Å². The monoisotopic (exact) mass is 254 g/mol. The Labute approximate surface area is 118 Å². The van der Waals surface area contributed by atoms with Gasteiger partial charge in [-0.15, -0.1) is 0 Å². The van der Waals surface area contributed by atoms with Crippen molar-refractivity contribution < 1.29 is 0 Å². The van der Waals surface area contributed by atoms with Gasteiger partial charge in [0.2, 0.25) is 0 Å². The van der Waals surface area contributed by atoms with Crippen LogP contribution in [0.25, 0.3) is 6.08 Å². The van der Waals surface area contributed by atoms with Crippen LogP contribution in [0, 0.1) is 0 Å². The fourth-order valence-electron chi connectivity index (χ4n) is 1.99. The summed E-state index contributed by atoms with van der Waals surface area (Å²) in [7, 11) is 0. The Bertz CT molecular complexity index is 473. The molecule has 0 nitrogen and oxygen atoms in total. The van der Waals surface area contributed by atoms with Gasteiger partial charge in [-0.2, -0.15) is 0 Å². The van der Waals surface area contributed by atoms with Gasteiger partial charge in [0, 0.05) is 0 Å². The lowest BCUT2D eigenvalue weighted by Crippen LogP contribution is -1.95. The van der Waals surface area contributed by atoms with Gasteiger partial charge in [0.25, 0.3) is 0 Å². The summed E-state index contributed by atoms with van der Waals surface area (Å²) < 4.78 is 0. The van der Waals surface area contributed by atoms with Crippen molar-refractivity contribution in [2.24, 2.45) is 0 Å². The van der Waals surface area contributed by atoms with E-state index in [1.54, 1.807) is 0 Å². The van der Waals surface area contributed by atoms with Crippen LogP contribution < -0.4 is 0 Å². The van der Waals surface area contributed by atoms with Crippen LogP contribution in [0.5, 0.6) is 0 Å². The smallest absolute Gasteiger partial charge is 0.0219 e. The molecule has 0 heteroatoms. The zero-order chi connectivity index (χ0) is 14.6. The lowest BCUT2D eigenvalue weighted by Gasteiger charge is -2.13. The zero-order valence-corrected chi connectivity index (χ0v) is 13.0. The Morgan fingerprint density at radius 3 is 1.79 bits per heavy atom. The molecular weight excluding hydrogens is 228 g/mol. The maximum Gasteiger partial charge on any atom is -0.0219 e. The quantitative estimate of drug-likeness (QED) is 0.559. The van der Waals surface area contributed by atoms with E-state index in [0.29, 0.717) is 11.8 Å². The second-order valence-corrected chi connectivity index (χ2v) is 5.83. The second kappa shape index (κ2) is 6.56. The first kappa shape index (κ1) is 15.5. The molecule has 0 N–H and O–H groups in total. The second-order valence-electron chi connectivity index (χ2n) is 5.83. The van der Waals surface area contributed by atoms with E-state index in [-0.39, 0.29) is 0 Å². The largest absolute Gasteiger partial charge is 0.0985 e. The number of rotatable bonds is 5. The van der Waals surface area contributed by atoms with Gasteiger partial charge < -0.3 is 0 Å². The van der Waals surface area contributed by atoms with Crippen LogP contribution in [-0.2, 0) is 0 Å². The predicted octanol–water partition coefficient (Wildman–Crippen LogP) is 6.08. The third-order valence-electron chi connectivity index (χ3n) is 3.37. The summed E-state index contributed by atoms with van der Waals surface area (Å²) in [5.41, 5.74) is 6.18. The maximum absolute atomic E-state index is 4.00. The number of allylic oxidation sites excluding steroid dienone is 3. The van der Waals surface area contributed by atoms with E-state index < -0.39 is 0 Å². The molecule has 0 atom stereocenters. The Hall–Kier alpha value is -1.56. The van der Waals surface area contributed by atoms with Gasteiger partial charge in [-0.3, -0.25) is 0 Å². The van der Waals surface area contributed by atoms with Crippen molar-refractivity contribution in [3.05, 3.63) is 65.3 Å². The van der Waals surface area contributed by atoms with Gasteiger partial charge in [-0.25, -0.2) is 0 Å². The Balaban J connectivity index is 3.34. The van der Waals surface area contributed by atoms with Gasteiger partial charge in [0.05, 0.1) is 0 Å². The molecule has 102 valence electrons. The Morgan fingerprint density at radius 1 is 1.00 bits per heavy atom. The summed E-state index contributed by atoms with van der Waals surface area (Å²) in [6.45, 7) is 18.8. The summed E-state index contributed by atoms with van der Waals surface area (Å²) >= 11 is 0. The van der Waals surface area contributed by atoms with E-state index in [1.807, 2.05) is 13.0 Å². The lowest BCUT2D eigenvalue weighted by molar-refractivity contribution is 0.833. The van der Waals surface area contributed by atoms with Gasteiger partial charge in [-0.1, -0.05) is 70.7 Å². The minimum atomic E-state index is 0.544. The molecule has 0 bridgehead atoms. The summed E-state index contributed by atoms with van der Waals surface area (Å²) in [6.07, 6.45) is 4.05. The molecule has 0 aliphatic rings. The molecule has 0 spiro atoms. The number of benzene rings is 1. The number of hydrogen-bond acceptors (Lipinski definition) is 0. The average Bonchev–Trinajstić information content (AvgIpc) is 2.34. The van der Waals surface area contributed by atoms with Crippen LogP contribution in [0.15, 0.2) is 48.6 Å². The molecule has 0 aliphatic carbocycles. The molecule has 0 fully saturated rings. The van der Waals surface area contributed by atoms with E-state index in [9.17, 15) is 0 Å². The molecule has 0 unspecified atom stereocenters. The summed E-state index contributed by atoms with van der Waals surface area (Å²) in [5.74, 6) is 1.09. The molecule has 0 saturated heterocycles. The van der Waals surface area contributed by atoms with Crippen LogP contribution in [0.2, 0.25) is 0 Å². The van der Waals surface area contributed by atoms with Crippen LogP contribution >= 0.6 is 0 Å². The molecule has 0 heterocycles. The van der Waals surface area contributed by atoms with E-state index in [0.717, 1.165) is 11.1 Å². The summed E-state index contributed by atoms with van der Waals surface area (Å²) in [5, 5.41) is 0. The highest BCUT2D eigenvalue weighted by Crippen LogP contribution is 2.25. The van der Waals surface area contributed by atoms with E-state index in [1.165, 1.54) is 16.7 Å². The molecule has 0 aromatic heterocycles. The van der Waals surface area contributed by atoms with E-state index in [4.69, 9.17) is 0 Å². The van der Waals surface area contributed by atoms with Crippen LogP contribution in [0.3, 0.4) is 0 Å². The van der Waals surface area contributed by atoms with Crippen molar-refractivity contribution in [3.8, 4) is 0 Å². The van der Waals surface area contributed by atoms with Crippen LogP contribution in [-0.4, -0.2) is 0 Å². The molecule has 1 aromatic rings. The highest BCUT2D eigenvalue weighted by molar-refractivity contribution is 5.62. The highest BCUT2D eigenvalue weighted by atomic mass is 14.1. The van der Waals surface area contributed by atoms with E-state index in [2.05, 4.69) is 65.1 Å². The van der Waals surface area contributed by atoms with Crippen molar-refractivity contribution >= 4 is 6.08 Å². The molecule has 0 aliphatic heterocycles. The topological polar surface area (TPSA) is 0 Å². The van der Waals surface area contributed by atoms with Crippen LogP contribution in [0.4, 0.5) is 0 Å². The fraction of sp³-hybridized carbons (Fsp3) is 0.368. The standard InChI is InChI=1S/C19H26/c1-8-17(13(2)3)9-16-10-18(14(4)5)12-19(11-16)15(6)7/h8-12,14-15H,1-2H2,3-7H3/b17-9-. The number of hydrogen-bond donors (Lipinski definition) is 0. The lowest BCUT2D eigenvalue weighted by atomic mass is 9.92. The van der Waals surface area contributed by atoms with Crippen molar-refractivity contribution in [3.63, 3.8) is 0 Å². The summed E-state index contributed by atoms with van der Waals surface area (Å²) in [4.78, 5) is 0. The molecule has 1 aromatic carbocycles. The van der Waals surface area contributed by atoms with E-state index >= 15 is 0 Å².